The van der Waals surface area contributed by atoms with E-state index < -0.39 is 0 Å². The van der Waals surface area contributed by atoms with Crippen LogP contribution in [0.5, 0.6) is 0 Å². The molecule has 0 aliphatic carbocycles. The Morgan fingerprint density at radius 3 is 2.07 bits per heavy atom. The molecule has 0 aliphatic rings. The highest BCUT2D eigenvalue weighted by atomic mass is 32.2. The molecule has 1 nitrogen and oxygen atoms in total. The first kappa shape index (κ1) is 19.1. The number of rotatable bonds is 6. The Labute approximate surface area is 180 Å². The van der Waals surface area contributed by atoms with Crippen molar-refractivity contribution in [3.63, 3.8) is 0 Å². The Kier molecular flexibility index (Phi) is 4.96. The number of hydrogen-bond donors (Lipinski definition) is 0. The minimum Gasteiger partial charge on any atom is -0.294 e. The van der Waals surface area contributed by atoms with Gasteiger partial charge in [0.25, 0.3) is 0 Å². The van der Waals surface area contributed by atoms with E-state index in [1.54, 1.807) is 0 Å². The summed E-state index contributed by atoms with van der Waals surface area (Å²) in [6.07, 6.45) is 6.79. The SMILES string of the molecule is C[S+](C)c1ccc(C(=O)CCCc2ccc3ccc4cccc5ccc2c3c45)cc1. The summed E-state index contributed by atoms with van der Waals surface area (Å²) in [5.41, 5.74) is 2.17. The maximum absolute atomic E-state index is 12.7. The molecule has 0 aromatic heterocycles. The number of carbonyl (C=O) groups is 1. The van der Waals surface area contributed by atoms with E-state index in [9.17, 15) is 4.79 Å². The maximum Gasteiger partial charge on any atom is 0.162 e. The summed E-state index contributed by atoms with van der Waals surface area (Å²) in [7, 11) is 0.230. The Morgan fingerprint density at radius 1 is 0.733 bits per heavy atom. The van der Waals surface area contributed by atoms with Gasteiger partial charge in [0.15, 0.2) is 10.7 Å². The summed E-state index contributed by atoms with van der Waals surface area (Å²) in [5.74, 6) is 0.242. The summed E-state index contributed by atoms with van der Waals surface area (Å²) in [6, 6.07) is 28.1. The second kappa shape index (κ2) is 7.77. The maximum atomic E-state index is 12.7. The van der Waals surface area contributed by atoms with E-state index in [2.05, 4.69) is 79.2 Å². The number of carbonyl (C=O) groups excluding carboxylic acids is 1. The molecule has 2 heteroatoms. The quantitative estimate of drug-likeness (QED) is 0.167. The Bertz CT molecular complexity index is 1330. The zero-order valence-corrected chi connectivity index (χ0v) is 18.3. The van der Waals surface area contributed by atoms with Crippen molar-refractivity contribution in [3.8, 4) is 0 Å². The predicted molar refractivity (Wildman–Crippen MR) is 131 cm³/mol. The third kappa shape index (κ3) is 3.36. The molecule has 0 atom stereocenters. The van der Waals surface area contributed by atoms with Gasteiger partial charge in [0.1, 0.15) is 12.5 Å². The molecule has 0 spiro atoms. The highest BCUT2D eigenvalue weighted by Crippen LogP contribution is 2.36. The van der Waals surface area contributed by atoms with E-state index in [0.717, 1.165) is 18.4 Å². The van der Waals surface area contributed by atoms with Gasteiger partial charge in [0.05, 0.1) is 0 Å². The van der Waals surface area contributed by atoms with E-state index in [4.69, 9.17) is 0 Å². The van der Waals surface area contributed by atoms with Crippen LogP contribution in [0, 0.1) is 0 Å². The van der Waals surface area contributed by atoms with Crippen molar-refractivity contribution in [2.24, 2.45) is 0 Å². The van der Waals surface area contributed by atoms with Crippen molar-refractivity contribution in [1.82, 2.24) is 0 Å². The van der Waals surface area contributed by atoms with Crippen LogP contribution in [0.25, 0.3) is 32.3 Å². The van der Waals surface area contributed by atoms with Gasteiger partial charge < -0.3 is 0 Å². The molecular formula is C28H25OS+. The third-order valence-electron chi connectivity index (χ3n) is 6.12. The molecule has 0 bridgehead atoms. The number of hydrogen-bond acceptors (Lipinski definition) is 1. The Morgan fingerprint density at radius 2 is 1.37 bits per heavy atom. The molecule has 30 heavy (non-hydrogen) atoms. The molecule has 0 fully saturated rings. The fraction of sp³-hybridized carbons (Fsp3) is 0.179. The van der Waals surface area contributed by atoms with Crippen LogP contribution in [0.4, 0.5) is 0 Å². The van der Waals surface area contributed by atoms with Gasteiger partial charge in [0, 0.05) is 22.9 Å². The van der Waals surface area contributed by atoms with Gasteiger partial charge in [-0.3, -0.25) is 4.79 Å². The molecule has 0 radical (unpaired) electrons. The van der Waals surface area contributed by atoms with Crippen LogP contribution in [0.15, 0.2) is 83.8 Å². The molecule has 148 valence electrons. The average molecular weight is 410 g/mol. The summed E-state index contributed by atoms with van der Waals surface area (Å²) in [4.78, 5) is 14.0. The summed E-state index contributed by atoms with van der Waals surface area (Å²) in [5, 5.41) is 7.93. The first-order valence-electron chi connectivity index (χ1n) is 10.5. The summed E-state index contributed by atoms with van der Waals surface area (Å²) < 4.78 is 0. The lowest BCUT2D eigenvalue weighted by Gasteiger charge is -2.13. The van der Waals surface area contributed by atoms with Crippen LogP contribution in [-0.2, 0) is 17.3 Å². The molecular weight excluding hydrogens is 384 g/mol. The fourth-order valence-corrected chi connectivity index (χ4v) is 5.19. The zero-order chi connectivity index (χ0) is 20.7. The van der Waals surface area contributed by atoms with Gasteiger partial charge in [-0.05, 0) is 75.0 Å². The van der Waals surface area contributed by atoms with E-state index in [1.807, 2.05) is 12.1 Å². The molecule has 5 aromatic rings. The van der Waals surface area contributed by atoms with E-state index >= 15 is 0 Å². The predicted octanol–water partition coefficient (Wildman–Crippen LogP) is 7.03. The van der Waals surface area contributed by atoms with Crippen LogP contribution < -0.4 is 0 Å². The van der Waals surface area contributed by atoms with E-state index in [0.29, 0.717) is 6.42 Å². The molecule has 0 heterocycles. The molecule has 0 saturated carbocycles. The average Bonchev–Trinajstić information content (AvgIpc) is 2.78. The number of Topliss-reactive ketones (excluding diaryl/α,β-unsaturated/α-hetero) is 1. The van der Waals surface area contributed by atoms with Gasteiger partial charge in [-0.15, -0.1) is 0 Å². The first-order valence-corrected chi connectivity index (χ1v) is 12.5. The highest BCUT2D eigenvalue weighted by Gasteiger charge is 2.13. The van der Waals surface area contributed by atoms with Crippen molar-refractivity contribution in [2.75, 3.05) is 12.5 Å². The lowest BCUT2D eigenvalue weighted by molar-refractivity contribution is 0.0980. The van der Waals surface area contributed by atoms with Crippen molar-refractivity contribution < 1.29 is 4.79 Å². The van der Waals surface area contributed by atoms with Crippen molar-refractivity contribution in [1.29, 1.82) is 0 Å². The lowest BCUT2D eigenvalue weighted by Crippen LogP contribution is -2.02. The van der Waals surface area contributed by atoms with Crippen LogP contribution in [0.1, 0.15) is 28.8 Å². The Hall–Kier alpha value is -2.84. The monoisotopic (exact) mass is 409 g/mol. The molecule has 0 N–H and O–H groups in total. The van der Waals surface area contributed by atoms with Crippen LogP contribution in [-0.4, -0.2) is 18.3 Å². The fourth-order valence-electron chi connectivity index (χ4n) is 4.51. The van der Waals surface area contributed by atoms with Crippen LogP contribution in [0.3, 0.4) is 0 Å². The van der Waals surface area contributed by atoms with Crippen LogP contribution in [0.2, 0.25) is 0 Å². The van der Waals surface area contributed by atoms with E-state index in [-0.39, 0.29) is 16.7 Å². The molecule has 5 rings (SSSR count). The normalized spacial score (nSPS) is 11.8. The third-order valence-corrected chi connectivity index (χ3v) is 7.33. The topological polar surface area (TPSA) is 17.1 Å². The minimum atomic E-state index is 0.230. The standard InChI is InChI=1S/C28H25OS/c1-30(2)24-16-13-20(14-17-24)26(29)8-4-5-19-9-10-23-12-11-21-6-3-7-22-15-18-25(19)28(23)27(21)22/h3,6-7,9-18H,4-5,8H2,1-2H3/q+1. The summed E-state index contributed by atoms with van der Waals surface area (Å²) >= 11 is 0. The van der Waals surface area contributed by atoms with Gasteiger partial charge >= 0.3 is 0 Å². The lowest BCUT2D eigenvalue weighted by atomic mass is 9.90. The Balaban J connectivity index is 1.38. The molecule has 0 saturated heterocycles. The first-order chi connectivity index (χ1) is 14.6. The van der Waals surface area contributed by atoms with Crippen molar-refractivity contribution in [2.45, 2.75) is 24.2 Å². The van der Waals surface area contributed by atoms with Gasteiger partial charge in [0.2, 0.25) is 0 Å². The number of ketones is 1. The zero-order valence-electron chi connectivity index (χ0n) is 17.4. The minimum absolute atomic E-state index is 0.230. The largest absolute Gasteiger partial charge is 0.294 e. The van der Waals surface area contributed by atoms with Crippen LogP contribution >= 0.6 is 0 Å². The highest BCUT2D eigenvalue weighted by molar-refractivity contribution is 7.95. The molecule has 0 unspecified atom stereocenters. The van der Waals surface area contributed by atoms with Gasteiger partial charge in [-0.2, -0.15) is 0 Å². The van der Waals surface area contributed by atoms with E-state index in [1.165, 1.54) is 42.8 Å². The second-order valence-electron chi connectivity index (χ2n) is 8.20. The number of benzene rings is 5. The van der Waals surface area contributed by atoms with Gasteiger partial charge in [-0.1, -0.05) is 54.6 Å². The molecule has 0 amide bonds. The second-order valence-corrected chi connectivity index (χ2v) is 10.3. The summed E-state index contributed by atoms with van der Waals surface area (Å²) in [6.45, 7) is 0. The van der Waals surface area contributed by atoms with Crippen molar-refractivity contribution in [3.05, 3.63) is 90.0 Å². The molecule has 0 aliphatic heterocycles. The molecule has 5 aromatic carbocycles. The number of aryl methyl sites for hydroxylation is 1. The smallest absolute Gasteiger partial charge is 0.162 e. The van der Waals surface area contributed by atoms with Crippen molar-refractivity contribution >= 4 is 49.0 Å². The van der Waals surface area contributed by atoms with Gasteiger partial charge in [-0.25, -0.2) is 0 Å².